The van der Waals surface area contributed by atoms with E-state index < -0.39 is 0 Å². The summed E-state index contributed by atoms with van der Waals surface area (Å²) in [7, 11) is 4.48. The lowest BCUT2D eigenvalue weighted by molar-refractivity contribution is 0.262. The molecule has 208 valence electrons. The fourth-order valence-electron chi connectivity index (χ4n) is 8.07. The first-order valence-corrected chi connectivity index (χ1v) is 15.6. The lowest BCUT2D eigenvalue weighted by Gasteiger charge is -2.37. The maximum absolute atomic E-state index is 3.37. The van der Waals surface area contributed by atoms with Gasteiger partial charge in [0.05, 0.1) is 0 Å². The smallest absolute Gasteiger partial charge is 0.0454 e. The molecule has 0 amide bonds. The molecule has 8 rings (SSSR count). The van der Waals surface area contributed by atoms with Gasteiger partial charge in [-0.05, 0) is 119 Å². The first-order valence-electron chi connectivity index (χ1n) is 15.6. The summed E-state index contributed by atoms with van der Waals surface area (Å²) < 4.78 is 0. The Morgan fingerprint density at radius 1 is 0.595 bits per heavy atom. The molecule has 1 aromatic heterocycles. The van der Waals surface area contributed by atoms with Gasteiger partial charge in [0, 0.05) is 29.6 Å². The van der Waals surface area contributed by atoms with Crippen molar-refractivity contribution in [2.75, 3.05) is 14.1 Å². The van der Waals surface area contributed by atoms with Crippen molar-refractivity contribution in [1.29, 1.82) is 0 Å². The predicted octanol–water partition coefficient (Wildman–Crippen LogP) is 9.71. The van der Waals surface area contributed by atoms with Gasteiger partial charge in [0.1, 0.15) is 0 Å². The van der Waals surface area contributed by atoms with Gasteiger partial charge in [-0.3, -0.25) is 0 Å². The number of hydrogen-bond acceptors (Lipinski definition) is 1. The highest BCUT2D eigenvalue weighted by atomic mass is 15.1. The molecule has 1 heterocycles. The Balaban J connectivity index is 1.21. The van der Waals surface area contributed by atoms with E-state index in [2.05, 4.69) is 133 Å². The third-order valence-corrected chi connectivity index (χ3v) is 10.2. The molecular formula is C40H38N2. The summed E-state index contributed by atoms with van der Waals surface area (Å²) in [5.41, 5.74) is 11.7. The van der Waals surface area contributed by atoms with E-state index in [0.717, 1.165) is 12.8 Å². The number of H-pyrrole nitrogens is 1. The number of fused-ring (bicyclic) bond motifs is 4. The molecule has 2 heteroatoms. The Labute approximate surface area is 249 Å². The van der Waals surface area contributed by atoms with Crippen LogP contribution in [0.5, 0.6) is 0 Å². The third kappa shape index (κ3) is 4.37. The Morgan fingerprint density at radius 2 is 1.36 bits per heavy atom. The molecule has 0 radical (unpaired) electrons. The monoisotopic (exact) mass is 546 g/mol. The van der Waals surface area contributed by atoms with Crippen LogP contribution in [0.4, 0.5) is 0 Å². The van der Waals surface area contributed by atoms with Crippen LogP contribution < -0.4 is 0 Å². The van der Waals surface area contributed by atoms with Gasteiger partial charge in [-0.25, -0.2) is 0 Å². The SMILES string of the molecule is CN(C)[C@@H]1CCC(c2ccc3ccccc3c2)c2cc(C3Cc4ccccc4C(c4ccc5[nH]ccc5c4)C3)ccc21. The summed E-state index contributed by atoms with van der Waals surface area (Å²) in [4.78, 5) is 5.78. The van der Waals surface area contributed by atoms with Gasteiger partial charge >= 0.3 is 0 Å². The molecule has 0 bridgehead atoms. The van der Waals surface area contributed by atoms with Crippen molar-refractivity contribution < 1.29 is 0 Å². The van der Waals surface area contributed by atoms with Gasteiger partial charge in [0.15, 0.2) is 0 Å². The third-order valence-electron chi connectivity index (χ3n) is 10.2. The average molecular weight is 547 g/mol. The molecule has 6 aromatic rings. The largest absolute Gasteiger partial charge is 0.361 e. The number of nitrogens with one attached hydrogen (secondary N) is 1. The molecular weight excluding hydrogens is 508 g/mol. The van der Waals surface area contributed by atoms with Gasteiger partial charge < -0.3 is 9.88 Å². The summed E-state index contributed by atoms with van der Waals surface area (Å²) in [6, 6.07) is 42.3. The summed E-state index contributed by atoms with van der Waals surface area (Å²) in [5.74, 6) is 1.33. The van der Waals surface area contributed by atoms with Crippen molar-refractivity contribution in [3.05, 3.63) is 154 Å². The van der Waals surface area contributed by atoms with Gasteiger partial charge in [-0.15, -0.1) is 0 Å². The molecule has 2 aliphatic rings. The van der Waals surface area contributed by atoms with E-state index in [4.69, 9.17) is 0 Å². The van der Waals surface area contributed by atoms with Crippen LogP contribution in [-0.2, 0) is 6.42 Å². The normalized spacial score (nSPS) is 21.9. The zero-order valence-corrected chi connectivity index (χ0v) is 24.6. The highest BCUT2D eigenvalue weighted by molar-refractivity contribution is 5.83. The summed E-state index contributed by atoms with van der Waals surface area (Å²) >= 11 is 0. The predicted molar refractivity (Wildman–Crippen MR) is 176 cm³/mol. The lowest BCUT2D eigenvalue weighted by Crippen LogP contribution is -2.27. The number of aromatic amines is 1. The first-order chi connectivity index (χ1) is 20.6. The Bertz CT molecular complexity index is 1910. The molecule has 2 aliphatic carbocycles. The zero-order valence-electron chi connectivity index (χ0n) is 24.6. The molecule has 0 aliphatic heterocycles. The lowest BCUT2D eigenvalue weighted by atomic mass is 9.70. The second-order valence-electron chi connectivity index (χ2n) is 12.8. The molecule has 3 unspecified atom stereocenters. The number of hydrogen-bond donors (Lipinski definition) is 1. The molecule has 5 aromatic carbocycles. The van der Waals surface area contributed by atoms with Crippen LogP contribution in [0.3, 0.4) is 0 Å². The Kier molecular flexibility index (Phi) is 6.26. The number of benzene rings is 5. The van der Waals surface area contributed by atoms with E-state index in [9.17, 15) is 0 Å². The molecule has 1 N–H and O–H groups in total. The fourth-order valence-corrected chi connectivity index (χ4v) is 8.07. The van der Waals surface area contributed by atoms with E-state index >= 15 is 0 Å². The van der Waals surface area contributed by atoms with Crippen LogP contribution in [0.2, 0.25) is 0 Å². The van der Waals surface area contributed by atoms with Crippen LogP contribution >= 0.6 is 0 Å². The minimum absolute atomic E-state index is 0.404. The second-order valence-corrected chi connectivity index (χ2v) is 12.8. The first kappa shape index (κ1) is 25.6. The average Bonchev–Trinajstić information content (AvgIpc) is 3.51. The molecule has 0 spiro atoms. The zero-order chi connectivity index (χ0) is 28.2. The second kappa shape index (κ2) is 10.3. The van der Waals surface area contributed by atoms with Crippen LogP contribution in [-0.4, -0.2) is 24.0 Å². The standard InChI is InChI=1S/C40H38N2/c1-42(2)40-18-16-35(30-12-11-26-7-3-4-8-27(26)21-30)38-24-28(13-15-36(38)40)33-23-29-9-5-6-10-34(29)37(25-33)31-14-17-39-32(22-31)19-20-41-39/h3-15,17,19-22,24,33,35,37,40-41H,16,18,23,25H2,1-2H3/t33?,35?,37?,40-/m1/s1. The van der Waals surface area contributed by atoms with E-state index in [0.29, 0.717) is 23.8 Å². The van der Waals surface area contributed by atoms with Crippen molar-refractivity contribution in [3.8, 4) is 0 Å². The van der Waals surface area contributed by atoms with Crippen molar-refractivity contribution in [3.63, 3.8) is 0 Å². The number of rotatable bonds is 4. The van der Waals surface area contributed by atoms with E-state index in [-0.39, 0.29) is 0 Å². The minimum atomic E-state index is 0.404. The Hall–Kier alpha value is -4.14. The summed E-state index contributed by atoms with van der Waals surface area (Å²) in [6.45, 7) is 0. The number of nitrogens with zero attached hydrogens (tertiary/aromatic N) is 1. The topological polar surface area (TPSA) is 19.0 Å². The maximum atomic E-state index is 3.37. The maximum Gasteiger partial charge on any atom is 0.0454 e. The van der Waals surface area contributed by atoms with Crippen LogP contribution in [0.25, 0.3) is 21.7 Å². The van der Waals surface area contributed by atoms with Gasteiger partial charge in [-0.1, -0.05) is 91.0 Å². The van der Waals surface area contributed by atoms with E-state index in [1.165, 1.54) is 73.5 Å². The van der Waals surface area contributed by atoms with Gasteiger partial charge in [0.25, 0.3) is 0 Å². The molecule has 4 atom stereocenters. The van der Waals surface area contributed by atoms with Crippen molar-refractivity contribution >= 4 is 21.7 Å². The van der Waals surface area contributed by atoms with Crippen molar-refractivity contribution in [1.82, 2.24) is 9.88 Å². The van der Waals surface area contributed by atoms with Crippen molar-refractivity contribution in [2.24, 2.45) is 0 Å². The molecule has 0 saturated heterocycles. The fraction of sp³-hybridized carbons (Fsp3) is 0.250. The summed E-state index contributed by atoms with van der Waals surface area (Å²) in [6.07, 6.45) is 6.67. The van der Waals surface area contributed by atoms with Crippen LogP contribution in [0.15, 0.2) is 115 Å². The van der Waals surface area contributed by atoms with Crippen molar-refractivity contribution in [2.45, 2.75) is 49.5 Å². The van der Waals surface area contributed by atoms with Crippen LogP contribution in [0, 0.1) is 0 Å². The molecule has 0 saturated carbocycles. The molecule has 42 heavy (non-hydrogen) atoms. The molecule has 2 nitrogen and oxygen atoms in total. The van der Waals surface area contributed by atoms with Gasteiger partial charge in [0.2, 0.25) is 0 Å². The summed E-state index contributed by atoms with van der Waals surface area (Å²) in [5, 5.41) is 3.96. The molecule has 0 fully saturated rings. The highest BCUT2D eigenvalue weighted by Gasteiger charge is 2.33. The van der Waals surface area contributed by atoms with E-state index in [1.54, 1.807) is 0 Å². The minimum Gasteiger partial charge on any atom is -0.361 e. The number of aromatic nitrogens is 1. The highest BCUT2D eigenvalue weighted by Crippen LogP contribution is 2.48. The van der Waals surface area contributed by atoms with Crippen LogP contribution in [0.1, 0.15) is 82.0 Å². The van der Waals surface area contributed by atoms with Gasteiger partial charge in [-0.2, -0.15) is 0 Å². The quantitative estimate of drug-likeness (QED) is 0.233. The Morgan fingerprint density at radius 3 is 2.26 bits per heavy atom. The van der Waals surface area contributed by atoms with E-state index in [1.807, 2.05) is 6.20 Å².